The molecule has 0 radical (unpaired) electrons. The molecule has 1 rings (SSSR count). The van der Waals surface area contributed by atoms with Gasteiger partial charge in [0.05, 0.1) is 11.5 Å². The maximum atomic E-state index is 12.8. The molecular formula is C10H12F2N2O3. The highest BCUT2D eigenvalue weighted by Crippen LogP contribution is 2.32. The number of nitro groups is 1. The van der Waals surface area contributed by atoms with Crippen molar-refractivity contribution in [2.75, 3.05) is 25.1 Å². The molecule has 7 heteroatoms. The van der Waals surface area contributed by atoms with Crippen LogP contribution in [0.25, 0.3) is 0 Å². The lowest BCUT2D eigenvalue weighted by atomic mass is 10.1. The average molecular weight is 246 g/mol. The summed E-state index contributed by atoms with van der Waals surface area (Å²) in [7, 11) is 1.53. The molecule has 5 nitrogen and oxygen atoms in total. The largest absolute Gasteiger partial charge is 0.395 e. The van der Waals surface area contributed by atoms with Gasteiger partial charge in [-0.05, 0) is 6.07 Å². The van der Waals surface area contributed by atoms with Crippen LogP contribution < -0.4 is 4.90 Å². The minimum atomic E-state index is -2.80. The van der Waals surface area contributed by atoms with E-state index in [1.165, 1.54) is 18.0 Å². The Morgan fingerprint density at radius 3 is 2.65 bits per heavy atom. The second-order valence-corrected chi connectivity index (χ2v) is 3.45. The zero-order chi connectivity index (χ0) is 13.0. The summed E-state index contributed by atoms with van der Waals surface area (Å²) in [6.45, 7) is -0.00625. The third-order valence-corrected chi connectivity index (χ3v) is 2.30. The van der Waals surface area contributed by atoms with Crippen molar-refractivity contribution in [2.24, 2.45) is 0 Å². The summed E-state index contributed by atoms with van der Waals surface area (Å²) in [5.74, 6) is 0. The first-order chi connectivity index (χ1) is 7.97. The predicted molar refractivity (Wildman–Crippen MR) is 58.4 cm³/mol. The van der Waals surface area contributed by atoms with Gasteiger partial charge in [0.25, 0.3) is 12.1 Å². The molecule has 0 aromatic heterocycles. The van der Waals surface area contributed by atoms with E-state index in [2.05, 4.69) is 0 Å². The molecule has 0 fully saturated rings. The first-order valence-electron chi connectivity index (χ1n) is 4.86. The van der Waals surface area contributed by atoms with Crippen molar-refractivity contribution < 1.29 is 18.8 Å². The van der Waals surface area contributed by atoms with E-state index in [1.807, 2.05) is 0 Å². The molecule has 17 heavy (non-hydrogen) atoms. The number of nitro benzene ring substituents is 1. The number of hydrogen-bond donors (Lipinski definition) is 1. The van der Waals surface area contributed by atoms with Gasteiger partial charge in [0.2, 0.25) is 0 Å². The van der Waals surface area contributed by atoms with Crippen LogP contribution in [0.5, 0.6) is 0 Å². The van der Waals surface area contributed by atoms with E-state index in [0.29, 0.717) is 0 Å². The Balaban J connectivity index is 3.17. The molecule has 0 spiro atoms. The Hall–Kier alpha value is -1.76. The van der Waals surface area contributed by atoms with Crippen LogP contribution in [0, 0.1) is 10.1 Å². The Morgan fingerprint density at radius 2 is 2.18 bits per heavy atom. The van der Waals surface area contributed by atoms with Crippen LogP contribution in [0.1, 0.15) is 12.0 Å². The van der Waals surface area contributed by atoms with Crippen molar-refractivity contribution in [1.82, 2.24) is 0 Å². The molecule has 0 atom stereocenters. The van der Waals surface area contributed by atoms with Crippen molar-refractivity contribution in [2.45, 2.75) is 6.43 Å². The molecule has 1 aromatic carbocycles. The lowest BCUT2D eigenvalue weighted by Gasteiger charge is -2.21. The molecule has 1 N–H and O–H groups in total. The molecule has 0 amide bonds. The molecular weight excluding hydrogens is 234 g/mol. The van der Waals surface area contributed by atoms with Crippen molar-refractivity contribution in [1.29, 1.82) is 0 Å². The van der Waals surface area contributed by atoms with Crippen LogP contribution in [0.2, 0.25) is 0 Å². The minimum Gasteiger partial charge on any atom is -0.395 e. The number of rotatable bonds is 5. The first kappa shape index (κ1) is 13.3. The van der Waals surface area contributed by atoms with Gasteiger partial charge in [-0.25, -0.2) is 8.78 Å². The molecule has 0 saturated heterocycles. The van der Waals surface area contributed by atoms with Gasteiger partial charge >= 0.3 is 0 Å². The van der Waals surface area contributed by atoms with Gasteiger partial charge in [-0.3, -0.25) is 10.1 Å². The number of likely N-dealkylation sites (N-methyl/N-ethyl adjacent to an activating group) is 1. The average Bonchev–Trinajstić information content (AvgIpc) is 2.28. The third kappa shape index (κ3) is 3.10. The molecule has 1 aromatic rings. The molecule has 94 valence electrons. The van der Waals surface area contributed by atoms with E-state index in [1.54, 1.807) is 0 Å². The van der Waals surface area contributed by atoms with E-state index < -0.39 is 16.9 Å². The van der Waals surface area contributed by atoms with Crippen LogP contribution in [-0.2, 0) is 0 Å². The molecule has 0 aliphatic rings. The Kier molecular flexibility index (Phi) is 4.33. The number of benzene rings is 1. The van der Waals surface area contributed by atoms with Crippen LogP contribution in [-0.4, -0.2) is 30.2 Å². The maximum absolute atomic E-state index is 12.8. The Bertz CT molecular complexity index is 413. The van der Waals surface area contributed by atoms with Gasteiger partial charge in [0.15, 0.2) is 0 Å². The fourth-order valence-electron chi connectivity index (χ4n) is 1.45. The van der Waals surface area contributed by atoms with Crippen LogP contribution in [0.4, 0.5) is 20.2 Å². The minimum absolute atomic E-state index is 0.178. The molecule has 0 heterocycles. The van der Waals surface area contributed by atoms with Gasteiger partial charge < -0.3 is 10.0 Å². The lowest BCUT2D eigenvalue weighted by molar-refractivity contribution is -0.385. The van der Waals surface area contributed by atoms with E-state index in [-0.39, 0.29) is 24.5 Å². The van der Waals surface area contributed by atoms with Gasteiger partial charge in [-0.1, -0.05) is 0 Å². The van der Waals surface area contributed by atoms with Crippen LogP contribution in [0.3, 0.4) is 0 Å². The lowest BCUT2D eigenvalue weighted by Crippen LogP contribution is -2.22. The van der Waals surface area contributed by atoms with Crippen molar-refractivity contribution in [3.8, 4) is 0 Å². The van der Waals surface area contributed by atoms with Gasteiger partial charge in [-0.15, -0.1) is 0 Å². The van der Waals surface area contributed by atoms with Crippen molar-refractivity contribution in [3.63, 3.8) is 0 Å². The fourth-order valence-corrected chi connectivity index (χ4v) is 1.45. The van der Waals surface area contributed by atoms with E-state index in [0.717, 1.165) is 12.1 Å². The van der Waals surface area contributed by atoms with E-state index in [9.17, 15) is 18.9 Å². The highest BCUT2D eigenvalue weighted by Gasteiger charge is 2.19. The number of hydrogen-bond acceptors (Lipinski definition) is 4. The van der Waals surface area contributed by atoms with Crippen molar-refractivity contribution >= 4 is 11.4 Å². The molecule has 0 aliphatic heterocycles. The van der Waals surface area contributed by atoms with Gasteiger partial charge in [-0.2, -0.15) is 0 Å². The molecule has 0 bridgehead atoms. The van der Waals surface area contributed by atoms with Crippen molar-refractivity contribution in [3.05, 3.63) is 33.9 Å². The summed E-state index contributed by atoms with van der Waals surface area (Å²) in [6, 6.07) is 3.28. The highest BCUT2D eigenvalue weighted by molar-refractivity contribution is 5.58. The first-order valence-corrected chi connectivity index (χ1v) is 4.86. The summed E-state index contributed by atoms with van der Waals surface area (Å²) < 4.78 is 25.5. The van der Waals surface area contributed by atoms with Gasteiger partial charge in [0.1, 0.15) is 0 Å². The number of aliphatic hydroxyl groups excluding tert-OH is 1. The van der Waals surface area contributed by atoms with E-state index >= 15 is 0 Å². The summed E-state index contributed by atoms with van der Waals surface area (Å²) in [4.78, 5) is 11.2. The topological polar surface area (TPSA) is 66.6 Å². The SMILES string of the molecule is CN(CCO)c1ccc([N+](=O)[O-])cc1C(F)F. The number of alkyl halides is 2. The van der Waals surface area contributed by atoms with Crippen LogP contribution >= 0.6 is 0 Å². The molecule has 0 unspecified atom stereocenters. The number of nitrogens with zero attached hydrogens (tertiary/aromatic N) is 2. The summed E-state index contributed by atoms with van der Waals surface area (Å²) in [5.41, 5.74) is -0.601. The normalized spacial score (nSPS) is 10.6. The van der Waals surface area contributed by atoms with Gasteiger partial charge in [0, 0.05) is 37.0 Å². The smallest absolute Gasteiger partial charge is 0.270 e. The monoisotopic (exact) mass is 246 g/mol. The highest BCUT2D eigenvalue weighted by atomic mass is 19.3. The second-order valence-electron chi connectivity index (χ2n) is 3.45. The predicted octanol–water partition coefficient (Wildman–Crippen LogP) is 1.96. The summed E-state index contributed by atoms with van der Waals surface area (Å²) in [6.07, 6.45) is -2.80. The summed E-state index contributed by atoms with van der Waals surface area (Å²) in [5, 5.41) is 19.2. The Morgan fingerprint density at radius 1 is 1.53 bits per heavy atom. The zero-order valence-electron chi connectivity index (χ0n) is 9.14. The fraction of sp³-hybridized carbons (Fsp3) is 0.400. The summed E-state index contributed by atoms with van der Waals surface area (Å²) >= 11 is 0. The Labute approximate surface area is 96.4 Å². The van der Waals surface area contributed by atoms with E-state index in [4.69, 9.17) is 5.11 Å². The molecule has 0 aliphatic carbocycles. The quantitative estimate of drug-likeness (QED) is 0.637. The number of non-ortho nitro benzene ring substituents is 1. The maximum Gasteiger partial charge on any atom is 0.270 e. The molecule has 0 saturated carbocycles. The number of aliphatic hydroxyl groups is 1. The standard InChI is InChI=1S/C10H12F2N2O3/c1-13(4-5-15)9-3-2-7(14(16)17)6-8(9)10(11)12/h2-3,6,10,15H,4-5H2,1H3. The number of halogens is 2. The second kappa shape index (κ2) is 5.53. The zero-order valence-corrected chi connectivity index (χ0v) is 9.14. The number of anilines is 1. The third-order valence-electron chi connectivity index (χ3n) is 2.30. The van der Waals surface area contributed by atoms with Crippen LogP contribution in [0.15, 0.2) is 18.2 Å².